The predicted octanol–water partition coefficient (Wildman–Crippen LogP) is 3.32. The molecule has 0 aliphatic carbocycles. The third-order valence-electron chi connectivity index (χ3n) is 3.02. The van der Waals surface area contributed by atoms with E-state index in [-0.39, 0.29) is 11.7 Å². The standard InChI is InChI=1S/C16H17N3O4/c1-2-23-15-9-3-12(4-10-15)11-17-16(20)18-13-5-7-14(8-6-13)19(21)22/h3-10H,2,11H2,1H3,(H2,17,18,20). The van der Waals surface area contributed by atoms with Gasteiger partial charge in [0.25, 0.3) is 5.69 Å². The number of benzene rings is 2. The second kappa shape index (κ2) is 7.79. The molecule has 2 amide bonds. The molecule has 0 heterocycles. The molecule has 0 saturated carbocycles. The summed E-state index contributed by atoms with van der Waals surface area (Å²) >= 11 is 0. The minimum atomic E-state index is -0.490. The third kappa shape index (κ3) is 4.99. The highest BCUT2D eigenvalue weighted by Crippen LogP contribution is 2.15. The number of anilines is 1. The molecule has 2 rings (SSSR count). The van der Waals surface area contributed by atoms with Gasteiger partial charge in [0.1, 0.15) is 5.75 Å². The van der Waals surface area contributed by atoms with Gasteiger partial charge in [0.05, 0.1) is 11.5 Å². The number of carbonyl (C=O) groups is 1. The number of nitro groups is 1. The zero-order valence-electron chi connectivity index (χ0n) is 12.6. The number of nitrogens with one attached hydrogen (secondary N) is 2. The number of non-ortho nitro benzene ring substituents is 1. The quantitative estimate of drug-likeness (QED) is 0.631. The topological polar surface area (TPSA) is 93.5 Å². The fourth-order valence-electron chi connectivity index (χ4n) is 1.89. The van der Waals surface area contributed by atoms with E-state index in [0.717, 1.165) is 11.3 Å². The highest BCUT2D eigenvalue weighted by atomic mass is 16.6. The maximum absolute atomic E-state index is 11.8. The van der Waals surface area contributed by atoms with Crippen LogP contribution >= 0.6 is 0 Å². The van der Waals surface area contributed by atoms with Gasteiger partial charge in [-0.1, -0.05) is 12.1 Å². The lowest BCUT2D eigenvalue weighted by Crippen LogP contribution is -2.28. The average Bonchev–Trinajstić information content (AvgIpc) is 2.55. The minimum absolute atomic E-state index is 0.0228. The van der Waals surface area contributed by atoms with Crippen LogP contribution in [0.4, 0.5) is 16.2 Å². The van der Waals surface area contributed by atoms with Crippen molar-refractivity contribution in [1.82, 2.24) is 5.32 Å². The summed E-state index contributed by atoms with van der Waals surface area (Å²) < 4.78 is 5.34. The van der Waals surface area contributed by atoms with Crippen LogP contribution in [0, 0.1) is 10.1 Å². The first-order valence-electron chi connectivity index (χ1n) is 7.09. The number of rotatable bonds is 6. The fourth-order valence-corrected chi connectivity index (χ4v) is 1.89. The number of nitrogens with zero attached hydrogens (tertiary/aromatic N) is 1. The molecule has 0 aliphatic rings. The van der Waals surface area contributed by atoms with Crippen LogP contribution < -0.4 is 15.4 Å². The van der Waals surface area contributed by atoms with Crippen LogP contribution in [0.5, 0.6) is 5.75 Å². The van der Waals surface area contributed by atoms with Gasteiger partial charge in [-0.05, 0) is 36.8 Å². The Labute approximate surface area is 133 Å². The normalized spacial score (nSPS) is 9.96. The fraction of sp³-hybridized carbons (Fsp3) is 0.188. The van der Waals surface area contributed by atoms with Crippen LogP contribution in [0.3, 0.4) is 0 Å². The monoisotopic (exact) mass is 315 g/mol. The van der Waals surface area contributed by atoms with E-state index in [0.29, 0.717) is 18.8 Å². The van der Waals surface area contributed by atoms with Gasteiger partial charge in [-0.15, -0.1) is 0 Å². The molecule has 0 aromatic heterocycles. The average molecular weight is 315 g/mol. The van der Waals surface area contributed by atoms with Crippen molar-refractivity contribution in [3.63, 3.8) is 0 Å². The van der Waals surface area contributed by atoms with Gasteiger partial charge in [-0.3, -0.25) is 10.1 Å². The molecule has 2 N–H and O–H groups in total. The van der Waals surface area contributed by atoms with Crippen LogP contribution in [0.2, 0.25) is 0 Å². The summed E-state index contributed by atoms with van der Waals surface area (Å²) in [7, 11) is 0. The molecule has 0 spiro atoms. The molecule has 23 heavy (non-hydrogen) atoms. The second-order valence-corrected chi connectivity index (χ2v) is 4.69. The minimum Gasteiger partial charge on any atom is -0.494 e. The summed E-state index contributed by atoms with van der Waals surface area (Å²) in [5, 5.41) is 15.9. The maximum atomic E-state index is 11.8. The van der Waals surface area contributed by atoms with Crippen molar-refractivity contribution in [1.29, 1.82) is 0 Å². The Hall–Kier alpha value is -3.09. The molecule has 0 fully saturated rings. The summed E-state index contributed by atoms with van der Waals surface area (Å²) in [4.78, 5) is 21.9. The lowest BCUT2D eigenvalue weighted by atomic mass is 10.2. The van der Waals surface area contributed by atoms with E-state index >= 15 is 0 Å². The van der Waals surface area contributed by atoms with Crippen LogP contribution in [0.25, 0.3) is 0 Å². The summed E-state index contributed by atoms with van der Waals surface area (Å²) in [6, 6.07) is 12.7. The molecule has 0 radical (unpaired) electrons. The van der Waals surface area contributed by atoms with Crippen LogP contribution in [-0.2, 0) is 6.54 Å². The molecule has 0 aliphatic heterocycles. The van der Waals surface area contributed by atoms with E-state index in [9.17, 15) is 14.9 Å². The van der Waals surface area contributed by atoms with E-state index in [4.69, 9.17) is 4.74 Å². The molecule has 2 aromatic carbocycles. The van der Waals surface area contributed by atoms with Gasteiger partial charge in [0.2, 0.25) is 0 Å². The van der Waals surface area contributed by atoms with Gasteiger partial charge in [-0.25, -0.2) is 4.79 Å². The van der Waals surface area contributed by atoms with Crippen molar-refractivity contribution in [2.24, 2.45) is 0 Å². The van der Waals surface area contributed by atoms with Gasteiger partial charge >= 0.3 is 6.03 Å². The Balaban J connectivity index is 1.83. The van der Waals surface area contributed by atoms with Crippen molar-refractivity contribution in [3.05, 3.63) is 64.2 Å². The van der Waals surface area contributed by atoms with Gasteiger partial charge < -0.3 is 15.4 Å². The number of hydrogen-bond acceptors (Lipinski definition) is 4. The molecule has 0 atom stereocenters. The van der Waals surface area contributed by atoms with Crippen molar-refractivity contribution < 1.29 is 14.5 Å². The van der Waals surface area contributed by atoms with E-state index in [1.807, 2.05) is 31.2 Å². The van der Waals surface area contributed by atoms with E-state index in [1.54, 1.807) is 0 Å². The first-order valence-corrected chi connectivity index (χ1v) is 7.09. The summed E-state index contributed by atoms with van der Waals surface area (Å²) in [5.74, 6) is 0.784. The van der Waals surface area contributed by atoms with E-state index in [2.05, 4.69) is 10.6 Å². The van der Waals surface area contributed by atoms with E-state index in [1.165, 1.54) is 24.3 Å². The number of carbonyl (C=O) groups excluding carboxylic acids is 1. The Bertz CT molecular complexity index is 669. The Morgan fingerprint density at radius 2 is 1.78 bits per heavy atom. The first-order chi connectivity index (χ1) is 11.1. The van der Waals surface area contributed by atoms with Gasteiger partial charge in [-0.2, -0.15) is 0 Å². The summed E-state index contributed by atoms with van der Waals surface area (Å²) in [6.45, 7) is 2.89. The van der Waals surface area contributed by atoms with Crippen molar-refractivity contribution in [2.45, 2.75) is 13.5 Å². The van der Waals surface area contributed by atoms with Crippen molar-refractivity contribution in [2.75, 3.05) is 11.9 Å². The Kier molecular flexibility index (Phi) is 5.51. The number of nitro benzene ring substituents is 1. The van der Waals surface area contributed by atoms with Crippen LogP contribution in [0.1, 0.15) is 12.5 Å². The molecule has 0 saturated heterocycles. The van der Waals surface area contributed by atoms with Gasteiger partial charge in [0.15, 0.2) is 0 Å². The largest absolute Gasteiger partial charge is 0.494 e. The number of amides is 2. The molecular weight excluding hydrogens is 298 g/mol. The number of ether oxygens (including phenoxy) is 1. The van der Waals surface area contributed by atoms with Crippen LogP contribution in [0.15, 0.2) is 48.5 Å². The number of urea groups is 1. The summed E-state index contributed by atoms with van der Waals surface area (Å²) in [5.41, 5.74) is 1.40. The lowest BCUT2D eigenvalue weighted by molar-refractivity contribution is -0.384. The first kappa shape index (κ1) is 16.3. The smallest absolute Gasteiger partial charge is 0.319 e. The molecule has 7 nitrogen and oxygen atoms in total. The Morgan fingerprint density at radius 3 is 2.35 bits per heavy atom. The van der Waals surface area contributed by atoms with E-state index < -0.39 is 4.92 Å². The van der Waals surface area contributed by atoms with Crippen molar-refractivity contribution in [3.8, 4) is 5.75 Å². The summed E-state index contributed by atoms with van der Waals surface area (Å²) in [6.07, 6.45) is 0. The molecule has 0 bridgehead atoms. The highest BCUT2D eigenvalue weighted by Gasteiger charge is 2.06. The highest BCUT2D eigenvalue weighted by molar-refractivity contribution is 5.89. The molecule has 2 aromatic rings. The Morgan fingerprint density at radius 1 is 1.13 bits per heavy atom. The maximum Gasteiger partial charge on any atom is 0.319 e. The molecule has 0 unspecified atom stereocenters. The molecule has 7 heteroatoms. The zero-order valence-corrected chi connectivity index (χ0v) is 12.6. The zero-order chi connectivity index (χ0) is 16.7. The molecule has 120 valence electrons. The third-order valence-corrected chi connectivity index (χ3v) is 3.02. The predicted molar refractivity (Wildman–Crippen MR) is 86.6 cm³/mol. The second-order valence-electron chi connectivity index (χ2n) is 4.69. The van der Waals surface area contributed by atoms with Crippen molar-refractivity contribution >= 4 is 17.4 Å². The SMILES string of the molecule is CCOc1ccc(CNC(=O)Nc2ccc([N+](=O)[O-])cc2)cc1. The number of hydrogen-bond donors (Lipinski definition) is 2. The van der Waals surface area contributed by atoms with Gasteiger partial charge in [0, 0.05) is 24.4 Å². The van der Waals surface area contributed by atoms with Crippen LogP contribution in [-0.4, -0.2) is 17.6 Å². The lowest BCUT2D eigenvalue weighted by Gasteiger charge is -2.08. The molecular formula is C16H17N3O4.